The van der Waals surface area contributed by atoms with Crippen LogP contribution in [0.15, 0.2) is 18.2 Å². The van der Waals surface area contributed by atoms with Crippen LogP contribution in [-0.4, -0.2) is 37.1 Å². The molecule has 0 atom stereocenters. The summed E-state index contributed by atoms with van der Waals surface area (Å²) >= 11 is 0. The lowest BCUT2D eigenvalue weighted by Gasteiger charge is -2.11. The summed E-state index contributed by atoms with van der Waals surface area (Å²) in [5, 5.41) is 16.3. The molecule has 20 heavy (non-hydrogen) atoms. The van der Waals surface area contributed by atoms with Crippen LogP contribution in [0.5, 0.6) is 0 Å². The largest absolute Gasteiger partial charge is 0.382 e. The van der Waals surface area contributed by atoms with Crippen molar-refractivity contribution in [3.05, 3.63) is 33.9 Å². The summed E-state index contributed by atoms with van der Waals surface area (Å²) in [5.41, 5.74) is 0.324. The number of nitrogens with zero attached hydrogens (tertiary/aromatic N) is 1. The van der Waals surface area contributed by atoms with Gasteiger partial charge in [0.25, 0.3) is 11.6 Å². The number of carbonyl (C=O) groups is 1. The van der Waals surface area contributed by atoms with Crippen molar-refractivity contribution in [2.24, 2.45) is 0 Å². The van der Waals surface area contributed by atoms with E-state index in [1.165, 1.54) is 18.2 Å². The summed E-state index contributed by atoms with van der Waals surface area (Å²) in [6.07, 6.45) is 0.0950. The fourth-order valence-electron chi connectivity index (χ4n) is 1.70. The van der Waals surface area contributed by atoms with Crippen molar-refractivity contribution >= 4 is 17.3 Å². The van der Waals surface area contributed by atoms with Crippen LogP contribution < -0.4 is 10.6 Å². The van der Waals surface area contributed by atoms with Crippen molar-refractivity contribution in [2.75, 3.05) is 25.5 Å². The Morgan fingerprint density at radius 1 is 1.45 bits per heavy atom. The normalized spacial score (nSPS) is 10.4. The van der Waals surface area contributed by atoms with E-state index in [-0.39, 0.29) is 28.9 Å². The van der Waals surface area contributed by atoms with Gasteiger partial charge in [-0.05, 0) is 19.9 Å². The molecule has 0 radical (unpaired) electrons. The first-order chi connectivity index (χ1) is 9.47. The highest BCUT2D eigenvalue weighted by Gasteiger charge is 2.20. The number of para-hydroxylation sites is 1. The van der Waals surface area contributed by atoms with E-state index >= 15 is 0 Å². The van der Waals surface area contributed by atoms with Gasteiger partial charge in [-0.1, -0.05) is 6.07 Å². The van der Waals surface area contributed by atoms with Crippen LogP contribution in [0.25, 0.3) is 0 Å². The maximum atomic E-state index is 12.0. The molecule has 0 unspecified atom stereocenters. The summed E-state index contributed by atoms with van der Waals surface area (Å²) in [4.78, 5) is 22.4. The highest BCUT2D eigenvalue weighted by Crippen LogP contribution is 2.27. The van der Waals surface area contributed by atoms with Gasteiger partial charge in [-0.15, -0.1) is 0 Å². The number of hydrogen-bond acceptors (Lipinski definition) is 5. The number of hydrogen-bond donors (Lipinski definition) is 2. The Labute approximate surface area is 117 Å². The molecule has 0 heterocycles. The van der Waals surface area contributed by atoms with Crippen LogP contribution in [0.2, 0.25) is 0 Å². The molecular formula is C13H19N3O4. The third-order valence-corrected chi connectivity index (χ3v) is 2.57. The molecule has 2 N–H and O–H groups in total. The molecule has 0 fully saturated rings. The quantitative estimate of drug-likeness (QED) is 0.451. The SMILES string of the molecule is CNc1c(C(=O)NCCOC(C)C)cccc1[N+](=O)[O-]. The third kappa shape index (κ3) is 4.20. The van der Waals surface area contributed by atoms with Crippen molar-refractivity contribution in [3.63, 3.8) is 0 Å². The Morgan fingerprint density at radius 3 is 2.70 bits per heavy atom. The van der Waals surface area contributed by atoms with Gasteiger partial charge < -0.3 is 15.4 Å². The van der Waals surface area contributed by atoms with Gasteiger partial charge in [0.15, 0.2) is 0 Å². The average Bonchev–Trinajstić information content (AvgIpc) is 2.42. The molecule has 0 bridgehead atoms. The van der Waals surface area contributed by atoms with E-state index in [2.05, 4.69) is 10.6 Å². The van der Waals surface area contributed by atoms with Crippen molar-refractivity contribution in [1.82, 2.24) is 5.32 Å². The van der Waals surface area contributed by atoms with Gasteiger partial charge in [0.1, 0.15) is 5.69 Å². The van der Waals surface area contributed by atoms with Gasteiger partial charge >= 0.3 is 0 Å². The van der Waals surface area contributed by atoms with E-state index in [0.717, 1.165) is 0 Å². The highest BCUT2D eigenvalue weighted by atomic mass is 16.6. The summed E-state index contributed by atoms with van der Waals surface area (Å²) in [5.74, 6) is -0.370. The molecule has 0 aliphatic heterocycles. The molecule has 7 nitrogen and oxygen atoms in total. The lowest BCUT2D eigenvalue weighted by molar-refractivity contribution is -0.384. The molecule has 0 aliphatic carbocycles. The number of anilines is 1. The predicted octanol–water partition coefficient (Wildman–Crippen LogP) is 1.79. The lowest BCUT2D eigenvalue weighted by Crippen LogP contribution is -2.28. The Kier molecular flexibility index (Phi) is 5.92. The fourth-order valence-corrected chi connectivity index (χ4v) is 1.70. The Balaban J connectivity index is 2.77. The maximum Gasteiger partial charge on any atom is 0.293 e. The molecule has 0 aliphatic rings. The minimum atomic E-state index is -0.523. The van der Waals surface area contributed by atoms with Gasteiger partial charge in [-0.3, -0.25) is 14.9 Å². The van der Waals surface area contributed by atoms with Crippen LogP contribution in [0.3, 0.4) is 0 Å². The van der Waals surface area contributed by atoms with Crippen molar-refractivity contribution in [2.45, 2.75) is 20.0 Å². The minimum Gasteiger partial charge on any atom is -0.382 e. The second kappa shape index (κ2) is 7.44. The van der Waals surface area contributed by atoms with E-state index in [4.69, 9.17) is 4.74 Å². The lowest BCUT2D eigenvalue weighted by atomic mass is 10.1. The zero-order valence-corrected chi connectivity index (χ0v) is 11.8. The van der Waals surface area contributed by atoms with Crippen molar-refractivity contribution in [1.29, 1.82) is 0 Å². The number of nitro benzene ring substituents is 1. The van der Waals surface area contributed by atoms with E-state index < -0.39 is 4.92 Å². The van der Waals surface area contributed by atoms with E-state index in [9.17, 15) is 14.9 Å². The minimum absolute atomic E-state index is 0.0950. The van der Waals surface area contributed by atoms with E-state index in [1.807, 2.05) is 13.8 Å². The average molecular weight is 281 g/mol. The number of carbonyl (C=O) groups excluding carboxylic acids is 1. The first-order valence-corrected chi connectivity index (χ1v) is 6.32. The van der Waals surface area contributed by atoms with E-state index in [1.54, 1.807) is 7.05 Å². The second-order valence-electron chi connectivity index (χ2n) is 4.38. The van der Waals surface area contributed by atoms with Crippen LogP contribution in [-0.2, 0) is 4.74 Å². The highest BCUT2D eigenvalue weighted by molar-refractivity contribution is 6.01. The summed E-state index contributed by atoms with van der Waals surface area (Å²) in [7, 11) is 1.54. The topological polar surface area (TPSA) is 93.5 Å². The van der Waals surface area contributed by atoms with Gasteiger partial charge in [0.05, 0.1) is 23.2 Å². The standard InChI is InChI=1S/C13H19N3O4/c1-9(2)20-8-7-15-13(17)10-5-4-6-11(16(18)19)12(10)14-3/h4-6,9,14H,7-8H2,1-3H3,(H,15,17). The zero-order valence-electron chi connectivity index (χ0n) is 11.8. The Bertz CT molecular complexity index is 489. The molecule has 1 amide bonds. The molecule has 1 rings (SSSR count). The summed E-state index contributed by atoms with van der Waals surface area (Å²) in [6, 6.07) is 4.38. The summed E-state index contributed by atoms with van der Waals surface area (Å²) in [6.45, 7) is 4.55. The Hall–Kier alpha value is -2.15. The van der Waals surface area contributed by atoms with Crippen LogP contribution in [0.4, 0.5) is 11.4 Å². The molecular weight excluding hydrogens is 262 g/mol. The summed E-state index contributed by atoms with van der Waals surface area (Å²) < 4.78 is 5.31. The number of nitro groups is 1. The van der Waals surface area contributed by atoms with Crippen LogP contribution in [0.1, 0.15) is 24.2 Å². The smallest absolute Gasteiger partial charge is 0.293 e. The van der Waals surface area contributed by atoms with Crippen LogP contribution in [0, 0.1) is 10.1 Å². The number of nitrogens with one attached hydrogen (secondary N) is 2. The zero-order chi connectivity index (χ0) is 15.1. The van der Waals surface area contributed by atoms with Crippen LogP contribution >= 0.6 is 0 Å². The first kappa shape index (κ1) is 15.9. The van der Waals surface area contributed by atoms with Gasteiger partial charge in [-0.2, -0.15) is 0 Å². The number of amides is 1. The third-order valence-electron chi connectivity index (χ3n) is 2.57. The van der Waals surface area contributed by atoms with Gasteiger partial charge in [-0.25, -0.2) is 0 Å². The molecule has 0 saturated carbocycles. The molecule has 7 heteroatoms. The van der Waals surface area contributed by atoms with Gasteiger partial charge in [0.2, 0.25) is 0 Å². The fraction of sp³-hybridized carbons (Fsp3) is 0.462. The van der Waals surface area contributed by atoms with Gasteiger partial charge in [0, 0.05) is 19.7 Å². The molecule has 110 valence electrons. The molecule has 0 saturated heterocycles. The second-order valence-corrected chi connectivity index (χ2v) is 4.38. The first-order valence-electron chi connectivity index (χ1n) is 6.32. The number of ether oxygens (including phenoxy) is 1. The number of rotatable bonds is 7. The van der Waals surface area contributed by atoms with E-state index in [0.29, 0.717) is 13.2 Å². The monoisotopic (exact) mass is 281 g/mol. The number of benzene rings is 1. The maximum absolute atomic E-state index is 12.0. The molecule has 1 aromatic rings. The van der Waals surface area contributed by atoms with Crippen molar-refractivity contribution < 1.29 is 14.5 Å². The predicted molar refractivity (Wildman–Crippen MR) is 76.1 cm³/mol. The van der Waals surface area contributed by atoms with Crippen molar-refractivity contribution in [3.8, 4) is 0 Å². The Morgan fingerprint density at radius 2 is 2.15 bits per heavy atom. The molecule has 0 aromatic heterocycles. The molecule has 1 aromatic carbocycles. The molecule has 0 spiro atoms.